The van der Waals surface area contributed by atoms with Gasteiger partial charge in [0.25, 0.3) is 0 Å². The molecular formula is C12H13NO5S. The zero-order valence-corrected chi connectivity index (χ0v) is 10.9. The normalized spacial score (nSPS) is 10.7. The monoisotopic (exact) mass is 283 g/mol. The van der Waals surface area contributed by atoms with Gasteiger partial charge in [-0.25, -0.2) is 17.8 Å². The van der Waals surface area contributed by atoms with Crippen molar-refractivity contribution in [3.8, 4) is 12.3 Å². The zero-order valence-electron chi connectivity index (χ0n) is 10.1. The number of esters is 1. The van der Waals surface area contributed by atoms with Gasteiger partial charge in [-0.05, 0) is 6.07 Å². The quantitative estimate of drug-likeness (QED) is 0.309. The first-order chi connectivity index (χ1) is 8.92. The lowest BCUT2D eigenvalue weighted by atomic mass is 10.3. The molecule has 1 heterocycles. The molecule has 0 radical (unpaired) electrons. The van der Waals surface area contributed by atoms with Crippen LogP contribution >= 0.6 is 0 Å². The van der Waals surface area contributed by atoms with Crippen LogP contribution in [-0.4, -0.2) is 31.3 Å². The molecule has 102 valence electrons. The second-order valence-electron chi connectivity index (χ2n) is 3.73. The third-order valence-corrected chi connectivity index (χ3v) is 2.98. The summed E-state index contributed by atoms with van der Waals surface area (Å²) < 4.78 is 37.7. The van der Waals surface area contributed by atoms with Gasteiger partial charge in [-0.15, -0.1) is 6.42 Å². The van der Waals surface area contributed by atoms with Crippen molar-refractivity contribution in [1.82, 2.24) is 0 Å². The molecule has 0 saturated heterocycles. The van der Waals surface area contributed by atoms with Crippen LogP contribution in [0.1, 0.15) is 16.8 Å². The molecule has 0 spiro atoms. The van der Waals surface area contributed by atoms with Crippen molar-refractivity contribution in [3.63, 3.8) is 0 Å². The topological polar surface area (TPSA) is 87.4 Å². The lowest BCUT2D eigenvalue weighted by molar-refractivity contribution is -0.697. The fraction of sp³-hybridized carbons (Fsp3) is 0.333. The van der Waals surface area contributed by atoms with Crippen LogP contribution in [0.15, 0.2) is 24.5 Å². The number of rotatable bonds is 6. The number of pyridine rings is 1. The summed E-state index contributed by atoms with van der Waals surface area (Å²) in [7, 11) is -4.21. The van der Waals surface area contributed by atoms with Gasteiger partial charge in [0.05, 0.1) is 10.1 Å². The van der Waals surface area contributed by atoms with E-state index < -0.39 is 21.8 Å². The fourth-order valence-corrected chi connectivity index (χ4v) is 1.88. The summed E-state index contributed by atoms with van der Waals surface area (Å²) in [6.45, 7) is 0.208. The highest BCUT2D eigenvalue weighted by Crippen LogP contribution is 1.98. The molecule has 6 nitrogen and oxygen atoms in total. The van der Waals surface area contributed by atoms with Gasteiger partial charge in [0.1, 0.15) is 12.1 Å². The molecule has 0 aliphatic rings. The number of carbonyl (C=O) groups is 1. The van der Waals surface area contributed by atoms with Crippen LogP contribution in [0.25, 0.3) is 0 Å². The SMILES string of the molecule is C#CCOC(=O)c1ccc[n+](CCCS(=O)(=O)[O-])c1. The molecule has 0 fully saturated rings. The number of terminal acetylenes is 1. The fourth-order valence-electron chi connectivity index (χ4n) is 1.40. The van der Waals surface area contributed by atoms with E-state index in [0.29, 0.717) is 12.1 Å². The van der Waals surface area contributed by atoms with Crippen LogP contribution in [0.2, 0.25) is 0 Å². The van der Waals surface area contributed by atoms with Crippen LogP contribution in [-0.2, 0) is 21.4 Å². The van der Waals surface area contributed by atoms with E-state index in [9.17, 15) is 17.8 Å². The molecule has 0 aromatic carbocycles. The number of aryl methyl sites for hydroxylation is 1. The highest BCUT2D eigenvalue weighted by molar-refractivity contribution is 7.85. The number of carbonyl (C=O) groups excluding carboxylic acids is 1. The van der Waals surface area contributed by atoms with E-state index in [4.69, 9.17) is 11.2 Å². The van der Waals surface area contributed by atoms with E-state index in [1.54, 1.807) is 22.9 Å². The first kappa shape index (κ1) is 15.1. The minimum atomic E-state index is -4.21. The van der Waals surface area contributed by atoms with Crippen molar-refractivity contribution in [1.29, 1.82) is 0 Å². The Hall–Kier alpha value is -1.91. The number of hydrogen-bond donors (Lipinski definition) is 0. The molecular weight excluding hydrogens is 270 g/mol. The van der Waals surface area contributed by atoms with Crippen LogP contribution in [0.5, 0.6) is 0 Å². The predicted octanol–water partition coefficient (Wildman–Crippen LogP) is -0.301. The zero-order chi connectivity index (χ0) is 14.3. The van der Waals surface area contributed by atoms with Crippen molar-refractivity contribution >= 4 is 16.1 Å². The number of ether oxygens (including phenoxy) is 1. The average Bonchev–Trinajstić information content (AvgIpc) is 2.35. The van der Waals surface area contributed by atoms with Crippen molar-refractivity contribution in [2.24, 2.45) is 0 Å². The Bertz CT molecular complexity index is 588. The lowest BCUT2D eigenvalue weighted by Crippen LogP contribution is -2.34. The first-order valence-electron chi connectivity index (χ1n) is 5.45. The first-order valence-corrected chi connectivity index (χ1v) is 7.03. The lowest BCUT2D eigenvalue weighted by Gasteiger charge is -2.04. The Morgan fingerprint density at radius 1 is 1.53 bits per heavy atom. The molecule has 0 aliphatic carbocycles. The molecule has 0 unspecified atom stereocenters. The smallest absolute Gasteiger partial charge is 0.345 e. The summed E-state index contributed by atoms with van der Waals surface area (Å²) in [4.78, 5) is 11.5. The summed E-state index contributed by atoms with van der Waals surface area (Å²) in [5.41, 5.74) is 0.308. The van der Waals surface area contributed by atoms with E-state index in [2.05, 4.69) is 5.92 Å². The second-order valence-corrected chi connectivity index (χ2v) is 5.25. The van der Waals surface area contributed by atoms with E-state index >= 15 is 0 Å². The molecule has 0 aliphatic heterocycles. The minimum absolute atomic E-state index is 0.109. The van der Waals surface area contributed by atoms with Crippen molar-refractivity contribution in [2.75, 3.05) is 12.4 Å². The summed E-state index contributed by atoms with van der Waals surface area (Å²) in [6.07, 6.45) is 8.32. The van der Waals surface area contributed by atoms with Gasteiger partial charge in [-0.3, -0.25) is 0 Å². The van der Waals surface area contributed by atoms with Gasteiger partial charge < -0.3 is 9.29 Å². The highest BCUT2D eigenvalue weighted by atomic mass is 32.2. The molecule has 0 bridgehead atoms. The van der Waals surface area contributed by atoms with Gasteiger partial charge in [0.2, 0.25) is 0 Å². The molecule has 1 aromatic heterocycles. The second kappa shape index (κ2) is 6.87. The average molecular weight is 283 g/mol. The maximum Gasteiger partial charge on any atom is 0.345 e. The van der Waals surface area contributed by atoms with E-state index in [1.165, 1.54) is 6.20 Å². The number of aromatic nitrogens is 1. The largest absolute Gasteiger partial charge is 0.748 e. The van der Waals surface area contributed by atoms with Crippen LogP contribution in [0, 0.1) is 12.3 Å². The Morgan fingerprint density at radius 2 is 2.26 bits per heavy atom. The third-order valence-electron chi connectivity index (χ3n) is 2.19. The van der Waals surface area contributed by atoms with Gasteiger partial charge in [0, 0.05) is 18.2 Å². The van der Waals surface area contributed by atoms with Gasteiger partial charge >= 0.3 is 5.97 Å². The molecule has 0 amide bonds. The van der Waals surface area contributed by atoms with Gasteiger partial charge in [-0.2, -0.15) is 0 Å². The number of hydrogen-bond acceptors (Lipinski definition) is 5. The molecule has 0 N–H and O–H groups in total. The van der Waals surface area contributed by atoms with E-state index in [0.717, 1.165) is 0 Å². The van der Waals surface area contributed by atoms with E-state index in [-0.39, 0.29) is 13.0 Å². The Morgan fingerprint density at radius 3 is 2.89 bits per heavy atom. The Labute approximate surface area is 111 Å². The molecule has 1 aromatic rings. The highest BCUT2D eigenvalue weighted by Gasteiger charge is 2.11. The molecule has 19 heavy (non-hydrogen) atoms. The Balaban J connectivity index is 2.62. The summed E-state index contributed by atoms with van der Waals surface area (Å²) >= 11 is 0. The maximum atomic E-state index is 11.5. The summed E-state index contributed by atoms with van der Waals surface area (Å²) in [5.74, 6) is 1.19. The molecule has 0 saturated carbocycles. The van der Waals surface area contributed by atoms with E-state index in [1.807, 2.05) is 0 Å². The maximum absolute atomic E-state index is 11.5. The predicted molar refractivity (Wildman–Crippen MR) is 64.9 cm³/mol. The van der Waals surface area contributed by atoms with Crippen molar-refractivity contribution in [3.05, 3.63) is 30.1 Å². The van der Waals surface area contributed by atoms with Crippen LogP contribution < -0.4 is 4.57 Å². The number of nitrogens with zero attached hydrogens (tertiary/aromatic N) is 1. The summed E-state index contributed by atoms with van der Waals surface area (Å²) in [5, 5.41) is 0. The van der Waals surface area contributed by atoms with Gasteiger partial charge in [-0.1, -0.05) is 5.92 Å². The minimum Gasteiger partial charge on any atom is -0.748 e. The van der Waals surface area contributed by atoms with Crippen LogP contribution in [0.4, 0.5) is 0 Å². The van der Waals surface area contributed by atoms with Crippen molar-refractivity contribution < 1.29 is 27.1 Å². The molecule has 7 heteroatoms. The van der Waals surface area contributed by atoms with Gasteiger partial charge in [0.15, 0.2) is 19.0 Å². The third kappa shape index (κ3) is 5.99. The van der Waals surface area contributed by atoms with Crippen LogP contribution in [0.3, 0.4) is 0 Å². The standard InChI is InChI=1S/C12H13NO5S/c1-2-8-18-12(14)11-5-3-6-13(10-11)7-4-9-19(15,16)17/h1,3,5-6,10H,4,7-9H2. The van der Waals surface area contributed by atoms with Crippen molar-refractivity contribution in [2.45, 2.75) is 13.0 Å². The molecule has 1 rings (SSSR count). The molecule has 0 atom stereocenters. The Kier molecular flexibility index (Phi) is 5.48. The summed E-state index contributed by atoms with van der Waals surface area (Å²) in [6, 6.07) is 3.18.